The average molecular weight is 249 g/mol. The maximum atomic E-state index is 5.14. The number of hydrazone groups is 1. The lowest BCUT2D eigenvalue weighted by Crippen LogP contribution is -2.32. The lowest BCUT2D eigenvalue weighted by atomic mass is 10.0. The fourth-order valence-corrected chi connectivity index (χ4v) is 1.95. The van der Waals surface area contributed by atoms with Crippen molar-refractivity contribution in [2.45, 2.75) is 19.4 Å². The molecular formula is C12H15N3OS. The zero-order valence-electron chi connectivity index (χ0n) is 9.86. The Bertz CT molecular complexity index is 442. The normalized spacial score (nSPS) is 19.8. The van der Waals surface area contributed by atoms with E-state index in [-0.39, 0.29) is 6.04 Å². The summed E-state index contributed by atoms with van der Waals surface area (Å²) in [6, 6.07) is 8.14. The number of rotatable bonds is 2. The third-order valence-electron chi connectivity index (χ3n) is 2.67. The van der Waals surface area contributed by atoms with Crippen molar-refractivity contribution >= 4 is 23.0 Å². The van der Waals surface area contributed by atoms with Crippen LogP contribution in [0, 0.1) is 0 Å². The van der Waals surface area contributed by atoms with Crippen LogP contribution in [0.4, 0.5) is 0 Å². The Labute approximate surface area is 106 Å². The first-order valence-electron chi connectivity index (χ1n) is 5.42. The van der Waals surface area contributed by atoms with E-state index in [0.29, 0.717) is 5.11 Å². The highest BCUT2D eigenvalue weighted by Crippen LogP contribution is 2.21. The van der Waals surface area contributed by atoms with Gasteiger partial charge in [-0.05, 0) is 36.8 Å². The van der Waals surface area contributed by atoms with E-state index in [1.807, 2.05) is 31.2 Å². The highest BCUT2D eigenvalue weighted by molar-refractivity contribution is 7.80. The SMILES string of the molecule is COc1ccc(C2CC(C)=NNC(=S)N2)cc1. The second kappa shape index (κ2) is 5.14. The molecule has 1 aliphatic heterocycles. The number of ether oxygens (including phenoxy) is 1. The number of thiocarbonyl (C=S) groups is 1. The second-order valence-corrected chi connectivity index (χ2v) is 4.37. The molecule has 0 saturated heterocycles. The minimum Gasteiger partial charge on any atom is -0.497 e. The van der Waals surface area contributed by atoms with Gasteiger partial charge in [0, 0.05) is 12.1 Å². The Kier molecular flexibility index (Phi) is 3.58. The minimum atomic E-state index is 0.159. The summed E-state index contributed by atoms with van der Waals surface area (Å²) in [4.78, 5) is 0. The summed E-state index contributed by atoms with van der Waals surface area (Å²) in [5, 5.41) is 7.94. The van der Waals surface area contributed by atoms with Gasteiger partial charge in [-0.3, -0.25) is 5.43 Å². The van der Waals surface area contributed by atoms with Gasteiger partial charge < -0.3 is 10.1 Å². The van der Waals surface area contributed by atoms with Crippen LogP contribution >= 0.6 is 12.2 Å². The standard InChI is InChI=1S/C12H15N3OS/c1-8-7-11(13-12(17)15-14-8)9-3-5-10(16-2)6-4-9/h3-6,11H,7H2,1-2H3,(H2,13,15,17). The first-order valence-corrected chi connectivity index (χ1v) is 5.83. The largest absolute Gasteiger partial charge is 0.497 e. The van der Waals surface area contributed by atoms with E-state index in [1.165, 1.54) is 5.56 Å². The van der Waals surface area contributed by atoms with Gasteiger partial charge in [0.2, 0.25) is 0 Å². The molecule has 1 atom stereocenters. The molecule has 4 nitrogen and oxygen atoms in total. The first-order chi connectivity index (χ1) is 8.19. The number of hydrogen-bond donors (Lipinski definition) is 2. The van der Waals surface area contributed by atoms with Gasteiger partial charge in [0.25, 0.3) is 0 Å². The van der Waals surface area contributed by atoms with E-state index in [1.54, 1.807) is 7.11 Å². The summed E-state index contributed by atoms with van der Waals surface area (Å²) in [6.45, 7) is 1.99. The van der Waals surface area contributed by atoms with Crippen molar-refractivity contribution in [2.24, 2.45) is 5.10 Å². The lowest BCUT2D eigenvalue weighted by molar-refractivity contribution is 0.414. The van der Waals surface area contributed by atoms with Crippen LogP contribution in [-0.2, 0) is 0 Å². The van der Waals surface area contributed by atoms with Crippen molar-refractivity contribution in [3.05, 3.63) is 29.8 Å². The molecule has 0 aromatic heterocycles. The zero-order chi connectivity index (χ0) is 12.3. The number of benzene rings is 1. The van der Waals surface area contributed by atoms with E-state index in [4.69, 9.17) is 17.0 Å². The summed E-state index contributed by atoms with van der Waals surface area (Å²) < 4.78 is 5.14. The average Bonchev–Trinajstić information content (AvgIpc) is 2.51. The van der Waals surface area contributed by atoms with Gasteiger partial charge in [-0.25, -0.2) is 0 Å². The Morgan fingerprint density at radius 3 is 2.71 bits per heavy atom. The molecule has 0 fully saturated rings. The first kappa shape index (κ1) is 11.9. The number of methoxy groups -OCH3 is 1. The molecule has 0 bridgehead atoms. The van der Waals surface area contributed by atoms with Crippen LogP contribution in [0.5, 0.6) is 5.75 Å². The maximum Gasteiger partial charge on any atom is 0.187 e. The highest BCUT2D eigenvalue weighted by atomic mass is 32.1. The van der Waals surface area contributed by atoms with Gasteiger partial charge in [0.1, 0.15) is 5.75 Å². The molecule has 1 aliphatic rings. The number of nitrogens with zero attached hydrogens (tertiary/aromatic N) is 1. The Morgan fingerprint density at radius 1 is 1.35 bits per heavy atom. The number of hydrogen-bond acceptors (Lipinski definition) is 3. The van der Waals surface area contributed by atoms with Crippen LogP contribution in [0.1, 0.15) is 24.9 Å². The fourth-order valence-electron chi connectivity index (χ4n) is 1.77. The molecule has 0 amide bonds. The fraction of sp³-hybridized carbons (Fsp3) is 0.333. The van der Waals surface area contributed by atoms with E-state index in [2.05, 4.69) is 15.8 Å². The molecule has 1 aromatic carbocycles. The summed E-state index contributed by atoms with van der Waals surface area (Å²) in [5.41, 5.74) is 5.00. The molecule has 2 rings (SSSR count). The number of nitrogens with one attached hydrogen (secondary N) is 2. The van der Waals surface area contributed by atoms with Gasteiger partial charge in [0.05, 0.1) is 13.2 Å². The molecule has 1 unspecified atom stereocenters. The summed E-state index contributed by atoms with van der Waals surface area (Å²) in [5.74, 6) is 0.855. The van der Waals surface area contributed by atoms with Gasteiger partial charge in [-0.15, -0.1) is 0 Å². The Morgan fingerprint density at radius 2 is 2.06 bits per heavy atom. The molecular weight excluding hydrogens is 234 g/mol. The van der Waals surface area contributed by atoms with Gasteiger partial charge >= 0.3 is 0 Å². The Balaban J connectivity index is 2.19. The molecule has 0 saturated carbocycles. The molecule has 17 heavy (non-hydrogen) atoms. The van der Waals surface area contributed by atoms with Crippen LogP contribution in [0.25, 0.3) is 0 Å². The Hall–Kier alpha value is -1.62. The van der Waals surface area contributed by atoms with Crippen LogP contribution in [0.2, 0.25) is 0 Å². The van der Waals surface area contributed by atoms with E-state index >= 15 is 0 Å². The molecule has 0 aliphatic carbocycles. The molecule has 0 radical (unpaired) electrons. The zero-order valence-corrected chi connectivity index (χ0v) is 10.7. The molecule has 2 N–H and O–H groups in total. The summed E-state index contributed by atoms with van der Waals surface area (Å²) in [6.07, 6.45) is 0.833. The van der Waals surface area contributed by atoms with E-state index < -0.39 is 0 Å². The molecule has 90 valence electrons. The van der Waals surface area contributed by atoms with Crippen molar-refractivity contribution in [3.63, 3.8) is 0 Å². The highest BCUT2D eigenvalue weighted by Gasteiger charge is 2.16. The van der Waals surface area contributed by atoms with Crippen LogP contribution in [0.3, 0.4) is 0 Å². The molecule has 1 heterocycles. The van der Waals surface area contributed by atoms with E-state index in [0.717, 1.165) is 17.9 Å². The third-order valence-corrected chi connectivity index (χ3v) is 2.88. The van der Waals surface area contributed by atoms with Crippen molar-refractivity contribution in [1.29, 1.82) is 0 Å². The molecule has 1 aromatic rings. The molecule has 0 spiro atoms. The van der Waals surface area contributed by atoms with Crippen molar-refractivity contribution < 1.29 is 4.74 Å². The van der Waals surface area contributed by atoms with Crippen molar-refractivity contribution in [3.8, 4) is 5.75 Å². The van der Waals surface area contributed by atoms with Crippen LogP contribution < -0.4 is 15.5 Å². The van der Waals surface area contributed by atoms with Gasteiger partial charge in [0.15, 0.2) is 5.11 Å². The van der Waals surface area contributed by atoms with Gasteiger partial charge in [-0.1, -0.05) is 12.1 Å². The summed E-state index contributed by atoms with van der Waals surface area (Å²) in [7, 11) is 1.66. The molecule has 5 heteroatoms. The van der Waals surface area contributed by atoms with Crippen LogP contribution in [-0.4, -0.2) is 17.9 Å². The maximum absolute atomic E-state index is 5.14. The second-order valence-electron chi connectivity index (χ2n) is 3.96. The lowest BCUT2D eigenvalue weighted by Gasteiger charge is -2.17. The van der Waals surface area contributed by atoms with E-state index in [9.17, 15) is 0 Å². The minimum absolute atomic E-state index is 0.159. The van der Waals surface area contributed by atoms with Crippen LogP contribution in [0.15, 0.2) is 29.4 Å². The quantitative estimate of drug-likeness (QED) is 0.787. The smallest absolute Gasteiger partial charge is 0.187 e. The predicted molar refractivity (Wildman–Crippen MR) is 72.3 cm³/mol. The van der Waals surface area contributed by atoms with Crippen molar-refractivity contribution in [2.75, 3.05) is 7.11 Å². The van der Waals surface area contributed by atoms with Crippen molar-refractivity contribution in [1.82, 2.24) is 10.7 Å². The summed E-state index contributed by atoms with van der Waals surface area (Å²) >= 11 is 5.12. The predicted octanol–water partition coefficient (Wildman–Crippen LogP) is 1.98. The third kappa shape index (κ3) is 2.94. The monoisotopic (exact) mass is 249 g/mol. The topological polar surface area (TPSA) is 45.6 Å². The van der Waals surface area contributed by atoms with Gasteiger partial charge in [-0.2, -0.15) is 5.10 Å².